The number of H-pyrrole nitrogens is 2. The van der Waals surface area contributed by atoms with Gasteiger partial charge >= 0.3 is 6.09 Å². The highest BCUT2D eigenvalue weighted by molar-refractivity contribution is 6.07. The molecular weight excluding hydrogens is 801 g/mol. The van der Waals surface area contributed by atoms with Crippen molar-refractivity contribution in [3.05, 3.63) is 65.9 Å². The Morgan fingerprint density at radius 3 is 2.25 bits per heavy atom. The van der Waals surface area contributed by atoms with Crippen molar-refractivity contribution < 1.29 is 33.4 Å². The first-order valence-corrected chi connectivity index (χ1v) is 22.5. The maximum absolute atomic E-state index is 14.5. The molecule has 3 fully saturated rings. The standard InChI is InChI=1S/C48H60N8O7/c1-24(2)41(54-61-8)46(57)56-26(4)10-16-39(56)45-50-36-14-12-29-20-35-33-13-11-30(19-32(33)23-62-40(35)21-34(29)43(36)52-45)37-22-49-44(51-37)38-15-9-25(3)55(38)47(58)42(53-48(59)60-7)31-17-27(5)63-28(6)18-31/h11-14,19-22,24-28,31,38-39,41-42,54H,9-10,15-18,23H2,1-8H3,(H,49,51)(H,50,52)(H,53,59)/t25-,26-,27+,28+,38-,39-,41-,42+/m0/s1. The highest BCUT2D eigenvalue weighted by atomic mass is 16.6. The normalized spacial score (nSPS) is 25.5. The molecule has 0 aliphatic carbocycles. The van der Waals surface area contributed by atoms with E-state index in [4.69, 9.17) is 29.0 Å². The Kier molecular flexibility index (Phi) is 11.7. The maximum Gasteiger partial charge on any atom is 0.407 e. The summed E-state index contributed by atoms with van der Waals surface area (Å²) in [7, 11) is 2.87. The number of carbonyl (C=O) groups excluding carboxylic acids is 3. The SMILES string of the molecule is CON[C@H](C(=O)N1[C@@H](C)CC[C@H]1c1nc2ccc3cc4c(cc3c2[nH]1)OCc1cc(-c2cnc([C@@H]3CC[C@H](C)N3C(=O)[C@H](NC(=O)OC)C3C[C@@H](C)O[C@H](C)C3)[nH]2)ccc1-4)C(C)C. The molecule has 6 heterocycles. The third kappa shape index (κ3) is 7.92. The van der Waals surface area contributed by atoms with Gasteiger partial charge < -0.3 is 44.1 Å². The van der Waals surface area contributed by atoms with E-state index in [9.17, 15) is 14.4 Å². The highest BCUT2D eigenvalue weighted by Crippen LogP contribution is 2.44. The van der Waals surface area contributed by atoms with Crippen molar-refractivity contribution in [3.63, 3.8) is 0 Å². The zero-order valence-corrected chi connectivity index (χ0v) is 37.5. The lowest BCUT2D eigenvalue weighted by Gasteiger charge is -2.39. The van der Waals surface area contributed by atoms with Gasteiger partial charge in [0, 0.05) is 23.0 Å². The van der Waals surface area contributed by atoms with Gasteiger partial charge in [0.2, 0.25) is 11.8 Å². The molecule has 3 aromatic carbocycles. The molecule has 334 valence electrons. The molecule has 0 radical (unpaired) electrons. The quantitative estimate of drug-likeness (QED) is 0.101. The van der Waals surface area contributed by atoms with Crippen LogP contribution in [0.2, 0.25) is 0 Å². The summed E-state index contributed by atoms with van der Waals surface area (Å²) in [6.07, 6.45) is 5.79. The van der Waals surface area contributed by atoms with E-state index in [1.165, 1.54) is 7.11 Å². The van der Waals surface area contributed by atoms with E-state index in [1.54, 1.807) is 7.11 Å². The Morgan fingerprint density at radius 1 is 0.841 bits per heavy atom. The molecular formula is C48H60N8O7. The van der Waals surface area contributed by atoms with Crippen LogP contribution in [0, 0.1) is 11.8 Å². The Bertz CT molecular complexity index is 2520. The van der Waals surface area contributed by atoms with E-state index >= 15 is 0 Å². The summed E-state index contributed by atoms with van der Waals surface area (Å²) < 4.78 is 17.4. The van der Waals surface area contributed by atoms with Gasteiger partial charge in [0.15, 0.2) is 0 Å². The summed E-state index contributed by atoms with van der Waals surface area (Å²) >= 11 is 0. The molecule has 4 N–H and O–H groups in total. The topological polar surface area (TPSA) is 176 Å². The van der Waals surface area contributed by atoms with Crippen LogP contribution in [-0.4, -0.2) is 98.2 Å². The van der Waals surface area contributed by atoms with Crippen molar-refractivity contribution >= 4 is 39.7 Å². The minimum absolute atomic E-state index is 0.0154. The number of benzene rings is 3. The lowest BCUT2D eigenvalue weighted by atomic mass is 9.85. The third-order valence-corrected chi connectivity index (χ3v) is 13.9. The molecule has 15 heteroatoms. The molecule has 0 unspecified atom stereocenters. The number of rotatable bonds is 10. The monoisotopic (exact) mass is 860 g/mol. The Balaban J connectivity index is 0.962. The molecule has 0 spiro atoms. The van der Waals surface area contributed by atoms with Crippen LogP contribution in [0.1, 0.15) is 109 Å². The van der Waals surface area contributed by atoms with Crippen LogP contribution in [0.25, 0.3) is 44.2 Å². The minimum atomic E-state index is -0.738. The van der Waals surface area contributed by atoms with E-state index in [1.807, 2.05) is 49.8 Å². The fourth-order valence-electron chi connectivity index (χ4n) is 10.8. The van der Waals surface area contributed by atoms with Gasteiger partial charge in [0.05, 0.1) is 61.4 Å². The molecule has 0 saturated carbocycles. The molecule has 3 amide bonds. The lowest BCUT2D eigenvalue weighted by Crippen LogP contribution is -2.55. The average molecular weight is 861 g/mol. The molecule has 63 heavy (non-hydrogen) atoms. The van der Waals surface area contributed by atoms with Gasteiger partial charge in [-0.2, -0.15) is 5.48 Å². The molecule has 9 rings (SSSR count). The molecule has 8 atom stereocenters. The second kappa shape index (κ2) is 17.2. The van der Waals surface area contributed by atoms with Gasteiger partial charge in [0.25, 0.3) is 0 Å². The van der Waals surface area contributed by atoms with E-state index in [0.29, 0.717) is 19.4 Å². The molecule has 5 aromatic rings. The molecule has 2 aromatic heterocycles. The first kappa shape index (κ1) is 42.8. The second-order valence-corrected chi connectivity index (χ2v) is 18.5. The number of nitrogens with zero attached hydrogens (tertiary/aromatic N) is 4. The van der Waals surface area contributed by atoms with Gasteiger partial charge in [0.1, 0.15) is 36.1 Å². The zero-order chi connectivity index (χ0) is 44.3. The predicted molar refractivity (Wildman–Crippen MR) is 238 cm³/mol. The van der Waals surface area contributed by atoms with Crippen molar-refractivity contribution in [2.45, 2.75) is 135 Å². The van der Waals surface area contributed by atoms with Gasteiger partial charge in [-0.25, -0.2) is 14.8 Å². The van der Waals surface area contributed by atoms with Crippen LogP contribution in [-0.2, 0) is 30.5 Å². The number of aromatic amines is 2. The number of amides is 3. The highest BCUT2D eigenvalue weighted by Gasteiger charge is 2.45. The third-order valence-electron chi connectivity index (χ3n) is 13.9. The van der Waals surface area contributed by atoms with Gasteiger partial charge in [-0.3, -0.25) is 9.59 Å². The van der Waals surface area contributed by atoms with Gasteiger partial charge in [-0.05, 0) is 124 Å². The molecule has 4 aliphatic heterocycles. The van der Waals surface area contributed by atoms with Crippen LogP contribution in [0.5, 0.6) is 5.75 Å². The largest absolute Gasteiger partial charge is 0.488 e. The van der Waals surface area contributed by atoms with Crippen molar-refractivity contribution in [2.24, 2.45) is 11.8 Å². The fraction of sp³-hybridized carbons (Fsp3) is 0.521. The summed E-state index contributed by atoms with van der Waals surface area (Å²) in [6.45, 7) is 12.6. The number of carbonyl (C=O) groups is 3. The number of hydroxylamine groups is 1. The molecule has 4 aliphatic rings. The number of ether oxygens (including phenoxy) is 3. The number of hydrogen-bond donors (Lipinski definition) is 4. The number of nitrogens with one attached hydrogen (secondary N) is 4. The van der Waals surface area contributed by atoms with Gasteiger partial charge in [-0.1, -0.05) is 32.0 Å². The number of likely N-dealkylation sites (tertiary alicyclic amines) is 2. The van der Waals surface area contributed by atoms with Crippen LogP contribution in [0.4, 0.5) is 4.79 Å². The number of imidazole rings is 2. The maximum atomic E-state index is 14.5. The van der Waals surface area contributed by atoms with Crippen LogP contribution in [0.3, 0.4) is 0 Å². The predicted octanol–water partition coefficient (Wildman–Crippen LogP) is 7.87. The Hall–Kier alpha value is -5.51. The summed E-state index contributed by atoms with van der Waals surface area (Å²) in [4.78, 5) is 67.1. The Morgan fingerprint density at radius 2 is 1.56 bits per heavy atom. The van der Waals surface area contributed by atoms with Crippen molar-refractivity contribution in [3.8, 4) is 28.1 Å². The van der Waals surface area contributed by atoms with Crippen LogP contribution >= 0.6 is 0 Å². The first-order valence-electron chi connectivity index (χ1n) is 22.5. The molecule has 0 bridgehead atoms. The van der Waals surface area contributed by atoms with Crippen LogP contribution in [0.15, 0.2) is 48.7 Å². The van der Waals surface area contributed by atoms with E-state index < -0.39 is 18.2 Å². The number of alkyl carbamates (subject to hydrolysis) is 1. The van der Waals surface area contributed by atoms with Crippen molar-refractivity contribution in [1.82, 2.24) is 40.5 Å². The average Bonchev–Trinajstić information content (AvgIpc) is 4.08. The number of methoxy groups -OCH3 is 1. The summed E-state index contributed by atoms with van der Waals surface area (Å²) in [5.74, 6) is 2.17. The Labute approximate surface area is 367 Å². The second-order valence-electron chi connectivity index (χ2n) is 18.5. The van der Waals surface area contributed by atoms with Crippen molar-refractivity contribution in [2.75, 3.05) is 14.2 Å². The van der Waals surface area contributed by atoms with E-state index in [2.05, 4.69) is 71.0 Å². The first-order chi connectivity index (χ1) is 30.3. The number of fused-ring (bicyclic) bond motifs is 6. The summed E-state index contributed by atoms with van der Waals surface area (Å²) in [5.41, 5.74) is 9.69. The smallest absolute Gasteiger partial charge is 0.407 e. The minimum Gasteiger partial charge on any atom is -0.488 e. The zero-order valence-electron chi connectivity index (χ0n) is 37.5. The van der Waals surface area contributed by atoms with E-state index in [-0.39, 0.29) is 60.0 Å². The summed E-state index contributed by atoms with van der Waals surface area (Å²) in [6, 6.07) is 13.2. The fourth-order valence-corrected chi connectivity index (χ4v) is 10.8. The van der Waals surface area contributed by atoms with Crippen molar-refractivity contribution in [1.29, 1.82) is 0 Å². The number of aromatic nitrogens is 4. The molecule has 15 nitrogen and oxygen atoms in total. The summed E-state index contributed by atoms with van der Waals surface area (Å²) in [5, 5.41) is 4.96. The molecule has 3 saturated heterocycles. The van der Waals surface area contributed by atoms with E-state index in [0.717, 1.165) is 92.8 Å². The lowest BCUT2D eigenvalue weighted by molar-refractivity contribution is -0.142. The van der Waals surface area contributed by atoms with Crippen LogP contribution < -0.4 is 15.5 Å². The number of hydrogen-bond acceptors (Lipinski definition) is 10. The van der Waals surface area contributed by atoms with Gasteiger partial charge in [-0.15, -0.1) is 0 Å².